The van der Waals surface area contributed by atoms with E-state index < -0.39 is 0 Å². The lowest BCUT2D eigenvalue weighted by molar-refractivity contribution is 0.595. The fraction of sp³-hybridized carbons (Fsp3) is 0.750. The van der Waals surface area contributed by atoms with Gasteiger partial charge in [0.25, 0.3) is 0 Å². The van der Waals surface area contributed by atoms with Gasteiger partial charge < -0.3 is 11.1 Å². The highest BCUT2D eigenvalue weighted by molar-refractivity contribution is 5.77. The van der Waals surface area contributed by atoms with E-state index in [-0.39, 0.29) is 0 Å². The van der Waals surface area contributed by atoms with Gasteiger partial charge in [-0.05, 0) is 19.8 Å². The first-order chi connectivity index (χ1) is 5.16. The van der Waals surface area contributed by atoms with Crippen LogP contribution in [0.15, 0.2) is 4.99 Å². The zero-order chi connectivity index (χ0) is 8.69. The first kappa shape index (κ1) is 10.1. The molecule has 0 rings (SSSR count). The quantitative estimate of drug-likeness (QED) is 0.273. The van der Waals surface area contributed by atoms with E-state index in [0.29, 0.717) is 11.9 Å². The molecule has 0 aromatic heterocycles. The molecule has 0 spiro atoms. The first-order valence-corrected chi connectivity index (χ1v) is 3.96. The SMILES string of the molecule is [CH2+]C(C)CCCNC(N)=NC. The molecule has 0 aliphatic carbocycles. The molecule has 0 amide bonds. The summed E-state index contributed by atoms with van der Waals surface area (Å²) in [5.41, 5.74) is 5.41. The van der Waals surface area contributed by atoms with Crippen molar-refractivity contribution in [3.8, 4) is 0 Å². The average Bonchev–Trinajstić information content (AvgIpc) is 1.97. The highest BCUT2D eigenvalue weighted by atomic mass is 15.1. The Kier molecular flexibility index (Phi) is 5.43. The Morgan fingerprint density at radius 2 is 2.36 bits per heavy atom. The monoisotopic (exact) mass is 156 g/mol. The fourth-order valence-electron chi connectivity index (χ4n) is 0.746. The number of nitrogens with zero attached hydrogens (tertiary/aromatic N) is 1. The lowest BCUT2D eigenvalue weighted by Crippen LogP contribution is -2.32. The van der Waals surface area contributed by atoms with Gasteiger partial charge in [-0.1, -0.05) is 0 Å². The molecular formula is C8H18N3+. The molecule has 0 aliphatic rings. The van der Waals surface area contributed by atoms with Gasteiger partial charge in [-0.3, -0.25) is 4.99 Å². The van der Waals surface area contributed by atoms with Crippen LogP contribution in [0.2, 0.25) is 0 Å². The van der Waals surface area contributed by atoms with Crippen LogP contribution >= 0.6 is 0 Å². The van der Waals surface area contributed by atoms with Crippen molar-refractivity contribution in [3.63, 3.8) is 0 Å². The van der Waals surface area contributed by atoms with Gasteiger partial charge in [0.1, 0.15) is 0 Å². The van der Waals surface area contributed by atoms with E-state index in [2.05, 4.69) is 24.2 Å². The summed E-state index contributed by atoms with van der Waals surface area (Å²) in [6.45, 7) is 6.89. The van der Waals surface area contributed by atoms with E-state index in [0.717, 1.165) is 19.4 Å². The third-order valence-corrected chi connectivity index (χ3v) is 1.42. The van der Waals surface area contributed by atoms with Crippen LogP contribution in [0.25, 0.3) is 0 Å². The van der Waals surface area contributed by atoms with Crippen LogP contribution in [0.5, 0.6) is 0 Å². The van der Waals surface area contributed by atoms with Crippen molar-refractivity contribution in [2.75, 3.05) is 13.6 Å². The lowest BCUT2D eigenvalue weighted by atomic mass is 10.1. The standard InChI is InChI=1S/C8H18N3/c1-7(2)5-4-6-11-8(9)10-3/h7H,1,4-6H2,2-3H3,(H3,9,10,11)/q+1. The van der Waals surface area contributed by atoms with E-state index >= 15 is 0 Å². The summed E-state index contributed by atoms with van der Waals surface area (Å²) in [7, 11) is 1.67. The van der Waals surface area contributed by atoms with Crippen LogP contribution in [0.3, 0.4) is 0 Å². The molecule has 1 atom stereocenters. The summed E-state index contributed by atoms with van der Waals surface area (Å²) in [4.78, 5) is 3.77. The zero-order valence-corrected chi connectivity index (χ0v) is 7.43. The molecule has 0 saturated carbocycles. The van der Waals surface area contributed by atoms with Crippen molar-refractivity contribution in [3.05, 3.63) is 6.92 Å². The summed E-state index contributed by atoms with van der Waals surface area (Å²) >= 11 is 0. The van der Waals surface area contributed by atoms with Gasteiger partial charge >= 0.3 is 0 Å². The maximum Gasteiger partial charge on any atom is 0.188 e. The van der Waals surface area contributed by atoms with Crippen molar-refractivity contribution in [2.45, 2.75) is 19.8 Å². The Balaban J connectivity index is 3.15. The number of aliphatic imine (C=N–C) groups is 1. The predicted octanol–water partition coefficient (Wildman–Crippen LogP) is 0.771. The van der Waals surface area contributed by atoms with Crippen molar-refractivity contribution in [2.24, 2.45) is 16.6 Å². The Morgan fingerprint density at radius 3 is 2.82 bits per heavy atom. The molecule has 0 bridgehead atoms. The van der Waals surface area contributed by atoms with Crippen LogP contribution in [-0.4, -0.2) is 19.6 Å². The van der Waals surface area contributed by atoms with Gasteiger partial charge in [-0.25, -0.2) is 0 Å². The molecule has 3 N–H and O–H groups in total. The number of guanidine groups is 1. The zero-order valence-electron chi connectivity index (χ0n) is 7.43. The summed E-state index contributed by atoms with van der Waals surface area (Å²) in [5.74, 6) is 1.04. The van der Waals surface area contributed by atoms with Crippen LogP contribution in [0.4, 0.5) is 0 Å². The van der Waals surface area contributed by atoms with Gasteiger partial charge in [0.05, 0.1) is 12.8 Å². The molecule has 0 aliphatic heterocycles. The van der Waals surface area contributed by atoms with Gasteiger partial charge in [-0.2, -0.15) is 0 Å². The van der Waals surface area contributed by atoms with Gasteiger partial charge in [-0.15, -0.1) is 0 Å². The summed E-state index contributed by atoms with van der Waals surface area (Å²) in [6.07, 6.45) is 2.23. The van der Waals surface area contributed by atoms with Gasteiger partial charge in [0, 0.05) is 13.6 Å². The number of nitrogens with two attached hydrogens (primary N) is 1. The second kappa shape index (κ2) is 5.89. The summed E-state index contributed by atoms with van der Waals surface area (Å²) in [5, 5.41) is 2.99. The fourth-order valence-corrected chi connectivity index (χ4v) is 0.746. The minimum absolute atomic E-state index is 0.515. The summed E-state index contributed by atoms with van der Waals surface area (Å²) in [6, 6.07) is 0. The molecule has 0 aromatic rings. The van der Waals surface area contributed by atoms with E-state index in [1.807, 2.05) is 0 Å². The third-order valence-electron chi connectivity index (χ3n) is 1.42. The lowest BCUT2D eigenvalue weighted by Gasteiger charge is -2.03. The second-order valence-corrected chi connectivity index (χ2v) is 2.78. The molecule has 0 fully saturated rings. The Labute approximate surface area is 69.1 Å². The largest absolute Gasteiger partial charge is 0.370 e. The minimum atomic E-state index is 0.515. The molecule has 11 heavy (non-hydrogen) atoms. The van der Waals surface area contributed by atoms with Gasteiger partial charge in [0.2, 0.25) is 0 Å². The van der Waals surface area contributed by atoms with Crippen LogP contribution in [0.1, 0.15) is 19.8 Å². The molecule has 3 nitrogen and oxygen atoms in total. The predicted molar refractivity (Wildman–Crippen MR) is 49.3 cm³/mol. The topological polar surface area (TPSA) is 50.4 Å². The number of hydrogen-bond acceptors (Lipinski definition) is 1. The maximum absolute atomic E-state index is 5.41. The van der Waals surface area contributed by atoms with E-state index in [4.69, 9.17) is 5.73 Å². The highest BCUT2D eigenvalue weighted by Crippen LogP contribution is 2.00. The number of nitrogens with one attached hydrogen (secondary N) is 1. The van der Waals surface area contributed by atoms with Crippen molar-refractivity contribution in [1.82, 2.24) is 5.32 Å². The molecular weight excluding hydrogens is 138 g/mol. The Morgan fingerprint density at radius 1 is 1.73 bits per heavy atom. The smallest absolute Gasteiger partial charge is 0.188 e. The number of rotatable bonds is 4. The highest BCUT2D eigenvalue weighted by Gasteiger charge is 1.98. The van der Waals surface area contributed by atoms with E-state index in [1.54, 1.807) is 7.05 Å². The molecule has 0 heterocycles. The molecule has 1 unspecified atom stereocenters. The maximum atomic E-state index is 5.41. The van der Waals surface area contributed by atoms with Crippen molar-refractivity contribution >= 4 is 5.96 Å². The molecule has 0 saturated heterocycles. The molecule has 64 valence electrons. The van der Waals surface area contributed by atoms with Crippen LogP contribution in [-0.2, 0) is 0 Å². The molecule has 0 radical (unpaired) electrons. The van der Waals surface area contributed by atoms with Crippen molar-refractivity contribution < 1.29 is 0 Å². The normalized spacial score (nSPS) is 14.5. The average molecular weight is 156 g/mol. The molecule has 0 aromatic carbocycles. The van der Waals surface area contributed by atoms with Crippen LogP contribution < -0.4 is 11.1 Å². The summed E-state index contributed by atoms with van der Waals surface area (Å²) < 4.78 is 0. The first-order valence-electron chi connectivity index (χ1n) is 3.96. The minimum Gasteiger partial charge on any atom is -0.370 e. The van der Waals surface area contributed by atoms with E-state index in [1.165, 1.54) is 0 Å². The Bertz CT molecular complexity index is 119. The van der Waals surface area contributed by atoms with Crippen molar-refractivity contribution in [1.29, 1.82) is 0 Å². The van der Waals surface area contributed by atoms with E-state index in [9.17, 15) is 0 Å². The second-order valence-electron chi connectivity index (χ2n) is 2.78. The number of hydrogen-bond donors (Lipinski definition) is 2. The third kappa shape index (κ3) is 7.03. The van der Waals surface area contributed by atoms with Crippen LogP contribution in [0, 0.1) is 12.8 Å². The Hall–Kier alpha value is -0.860. The molecule has 3 heteroatoms. The van der Waals surface area contributed by atoms with Gasteiger partial charge in [0.15, 0.2) is 5.96 Å².